The summed E-state index contributed by atoms with van der Waals surface area (Å²) < 4.78 is 12.2. The lowest BCUT2D eigenvalue weighted by molar-refractivity contribution is 0.0943. The van der Waals surface area contributed by atoms with Gasteiger partial charge in [0.15, 0.2) is 11.5 Å². The number of furan rings is 1. The molecule has 0 aliphatic rings. The summed E-state index contributed by atoms with van der Waals surface area (Å²) in [6.07, 6.45) is 5.42. The Morgan fingerprint density at radius 3 is 2.68 bits per heavy atom. The predicted molar refractivity (Wildman–Crippen MR) is 82.3 cm³/mol. The van der Waals surface area contributed by atoms with Crippen molar-refractivity contribution >= 4 is 5.91 Å². The monoisotopic (exact) mass is 301 g/mol. The summed E-state index contributed by atoms with van der Waals surface area (Å²) in [5.74, 6) is 0.716. The van der Waals surface area contributed by atoms with E-state index >= 15 is 0 Å². The van der Waals surface area contributed by atoms with Gasteiger partial charge in [0.1, 0.15) is 0 Å². The van der Waals surface area contributed by atoms with Gasteiger partial charge in [0.2, 0.25) is 5.76 Å². The normalized spacial score (nSPS) is 9.91. The molecule has 0 radical (unpaired) electrons. The maximum Gasteiger partial charge on any atom is 0.273 e. The third-order valence-electron chi connectivity index (χ3n) is 2.83. The number of carbonyl (C=O) groups is 1. The summed E-state index contributed by atoms with van der Waals surface area (Å²) in [5, 5.41) is 6.52. The Morgan fingerprint density at radius 1 is 1.23 bits per heavy atom. The van der Waals surface area contributed by atoms with E-state index in [0.717, 1.165) is 0 Å². The molecule has 0 saturated heterocycles. The van der Waals surface area contributed by atoms with Crippen molar-refractivity contribution in [3.05, 3.63) is 54.7 Å². The third kappa shape index (κ3) is 3.88. The molecule has 116 valence electrons. The molecule has 3 aromatic rings. The highest BCUT2D eigenvalue weighted by Crippen LogP contribution is 2.20. The molecular weight excluding hydrogens is 282 g/mol. The van der Waals surface area contributed by atoms with Crippen LogP contribution in [0.5, 0.6) is 0 Å². The lowest BCUT2D eigenvalue weighted by Gasteiger charge is -2.03. The van der Waals surface area contributed by atoms with Gasteiger partial charge in [-0.25, -0.2) is 0 Å². The number of carbonyl (C=O) groups excluding carboxylic acids is 1. The smallest absolute Gasteiger partial charge is 0.273 e. The minimum atomic E-state index is -0.265. The molecule has 0 atom stereocenters. The van der Waals surface area contributed by atoms with Crippen LogP contribution >= 0.6 is 0 Å². The minimum absolute atomic E-state index is 0.240. The minimum Gasteiger partial charge on any atom is -0.461 e. The van der Waals surface area contributed by atoms with E-state index < -0.39 is 0 Å². The molecule has 1 amide bonds. The molecule has 0 aliphatic carbocycles. The second-order valence-corrected chi connectivity index (χ2v) is 4.23. The van der Waals surface area contributed by atoms with Crippen LogP contribution in [-0.2, 0) is 6.54 Å². The van der Waals surface area contributed by atoms with E-state index in [1.165, 1.54) is 6.26 Å². The lowest BCUT2D eigenvalue weighted by Crippen LogP contribution is -2.27. The summed E-state index contributed by atoms with van der Waals surface area (Å²) in [5.41, 5.74) is 0.240. The van der Waals surface area contributed by atoms with Gasteiger partial charge >= 0.3 is 0 Å². The first-order chi connectivity index (χ1) is 10.8. The van der Waals surface area contributed by atoms with Gasteiger partial charge in [-0.3, -0.25) is 4.79 Å². The first-order valence-electron chi connectivity index (χ1n) is 7.22. The standard InChI is InChI=1S/C14H13N3O3.C2H6/c18-14(15-5-8-17-6-1-2-7-17)11-10-13(20-16-11)12-4-3-9-19-12;1-2/h1-4,6-7,9-10H,5,8H2,(H,15,18);1-2H3. The van der Waals surface area contributed by atoms with Crippen LogP contribution in [-0.4, -0.2) is 22.2 Å². The van der Waals surface area contributed by atoms with Gasteiger partial charge in [0.25, 0.3) is 5.91 Å². The number of nitrogens with zero attached hydrogens (tertiary/aromatic N) is 2. The average molecular weight is 301 g/mol. The fourth-order valence-corrected chi connectivity index (χ4v) is 1.83. The molecule has 22 heavy (non-hydrogen) atoms. The van der Waals surface area contributed by atoms with Crippen molar-refractivity contribution < 1.29 is 13.7 Å². The number of rotatable bonds is 5. The van der Waals surface area contributed by atoms with Crippen LogP contribution in [0.1, 0.15) is 24.3 Å². The number of hydrogen-bond acceptors (Lipinski definition) is 4. The third-order valence-corrected chi connectivity index (χ3v) is 2.83. The summed E-state index contributed by atoms with van der Waals surface area (Å²) >= 11 is 0. The van der Waals surface area contributed by atoms with E-state index in [4.69, 9.17) is 8.94 Å². The van der Waals surface area contributed by atoms with Crippen LogP contribution in [0.15, 0.2) is 57.9 Å². The van der Waals surface area contributed by atoms with E-state index in [-0.39, 0.29) is 11.6 Å². The second-order valence-electron chi connectivity index (χ2n) is 4.23. The quantitative estimate of drug-likeness (QED) is 0.785. The largest absolute Gasteiger partial charge is 0.461 e. The van der Waals surface area contributed by atoms with E-state index in [0.29, 0.717) is 24.6 Å². The van der Waals surface area contributed by atoms with Crippen molar-refractivity contribution in [2.45, 2.75) is 20.4 Å². The molecule has 3 aromatic heterocycles. The Bertz CT molecular complexity index is 669. The molecule has 0 saturated carbocycles. The van der Waals surface area contributed by atoms with E-state index in [2.05, 4.69) is 10.5 Å². The summed E-state index contributed by atoms with van der Waals surface area (Å²) in [4.78, 5) is 11.9. The first-order valence-corrected chi connectivity index (χ1v) is 7.22. The highest BCUT2D eigenvalue weighted by molar-refractivity contribution is 5.92. The van der Waals surface area contributed by atoms with Crippen LogP contribution in [0, 0.1) is 0 Å². The molecule has 3 heterocycles. The van der Waals surface area contributed by atoms with Gasteiger partial charge in [0.05, 0.1) is 6.26 Å². The van der Waals surface area contributed by atoms with Crippen LogP contribution in [0.2, 0.25) is 0 Å². The average Bonchev–Trinajstić information content (AvgIpc) is 3.30. The van der Waals surface area contributed by atoms with Gasteiger partial charge < -0.3 is 18.8 Å². The Morgan fingerprint density at radius 2 is 2.00 bits per heavy atom. The van der Waals surface area contributed by atoms with Gasteiger partial charge in [-0.15, -0.1) is 0 Å². The number of nitrogens with one attached hydrogen (secondary N) is 1. The molecule has 6 heteroatoms. The molecule has 0 unspecified atom stereocenters. The zero-order valence-corrected chi connectivity index (χ0v) is 12.7. The fraction of sp³-hybridized carbons (Fsp3) is 0.250. The number of hydrogen-bond donors (Lipinski definition) is 1. The topological polar surface area (TPSA) is 73.2 Å². The molecule has 1 N–H and O–H groups in total. The first kappa shape index (κ1) is 15.6. The van der Waals surface area contributed by atoms with Crippen LogP contribution < -0.4 is 5.32 Å². The van der Waals surface area contributed by atoms with Crippen molar-refractivity contribution in [3.63, 3.8) is 0 Å². The number of aromatic nitrogens is 2. The van der Waals surface area contributed by atoms with E-state index in [9.17, 15) is 4.79 Å². The second kappa shape index (κ2) is 7.87. The molecule has 0 bridgehead atoms. The fourth-order valence-electron chi connectivity index (χ4n) is 1.83. The predicted octanol–water partition coefficient (Wildman–Crippen LogP) is 3.19. The van der Waals surface area contributed by atoms with Gasteiger partial charge in [-0.2, -0.15) is 0 Å². The van der Waals surface area contributed by atoms with Crippen LogP contribution in [0.25, 0.3) is 11.5 Å². The van der Waals surface area contributed by atoms with Crippen molar-refractivity contribution in [3.8, 4) is 11.5 Å². The SMILES string of the molecule is CC.O=C(NCCn1cccc1)c1cc(-c2ccco2)on1. The van der Waals surface area contributed by atoms with E-state index in [1.807, 2.05) is 42.9 Å². The Labute approximate surface area is 128 Å². The number of amides is 1. The van der Waals surface area contributed by atoms with Crippen LogP contribution in [0.4, 0.5) is 0 Å². The van der Waals surface area contributed by atoms with Crippen molar-refractivity contribution in [2.75, 3.05) is 6.54 Å². The van der Waals surface area contributed by atoms with Crippen molar-refractivity contribution in [1.82, 2.24) is 15.0 Å². The molecule has 0 aliphatic heterocycles. The molecule has 6 nitrogen and oxygen atoms in total. The van der Waals surface area contributed by atoms with Crippen molar-refractivity contribution in [1.29, 1.82) is 0 Å². The Hall–Kier alpha value is -2.76. The zero-order valence-electron chi connectivity index (χ0n) is 12.7. The molecule has 3 rings (SSSR count). The highest BCUT2D eigenvalue weighted by Gasteiger charge is 2.14. The Kier molecular flexibility index (Phi) is 5.59. The summed E-state index contributed by atoms with van der Waals surface area (Å²) in [6.45, 7) is 5.23. The molecule has 0 aromatic carbocycles. The maximum atomic E-state index is 11.9. The molecule has 0 spiro atoms. The van der Waals surface area contributed by atoms with Gasteiger partial charge in [0, 0.05) is 31.5 Å². The van der Waals surface area contributed by atoms with Gasteiger partial charge in [-0.05, 0) is 24.3 Å². The summed E-state index contributed by atoms with van der Waals surface area (Å²) in [7, 11) is 0. The van der Waals surface area contributed by atoms with Crippen molar-refractivity contribution in [2.24, 2.45) is 0 Å². The molecular formula is C16H19N3O3. The highest BCUT2D eigenvalue weighted by atomic mass is 16.5. The molecule has 0 fully saturated rings. The summed E-state index contributed by atoms with van der Waals surface area (Å²) in [6, 6.07) is 8.93. The van der Waals surface area contributed by atoms with Crippen LogP contribution in [0.3, 0.4) is 0 Å². The maximum absolute atomic E-state index is 11.9. The lowest BCUT2D eigenvalue weighted by atomic mass is 10.3. The van der Waals surface area contributed by atoms with E-state index in [1.54, 1.807) is 18.2 Å². The van der Waals surface area contributed by atoms with Gasteiger partial charge in [-0.1, -0.05) is 19.0 Å². The Balaban J connectivity index is 0.000000847. The zero-order chi connectivity index (χ0) is 15.8.